The van der Waals surface area contributed by atoms with Crippen LogP contribution in [0.15, 0.2) is 22.7 Å². The van der Waals surface area contributed by atoms with E-state index in [4.69, 9.17) is 6.42 Å². The van der Waals surface area contributed by atoms with Gasteiger partial charge in [-0.2, -0.15) is 0 Å². The van der Waals surface area contributed by atoms with Crippen molar-refractivity contribution >= 4 is 15.9 Å². The highest BCUT2D eigenvalue weighted by molar-refractivity contribution is 9.10. The van der Waals surface area contributed by atoms with Crippen LogP contribution >= 0.6 is 15.9 Å². The molecule has 0 bridgehead atoms. The average Bonchev–Trinajstić information content (AvgIpc) is 2.10. The summed E-state index contributed by atoms with van der Waals surface area (Å²) in [6, 6.07) is 4.74. The Morgan fingerprint density at radius 2 is 2.31 bits per heavy atom. The zero-order chi connectivity index (χ0) is 9.84. The van der Waals surface area contributed by atoms with Crippen LogP contribution in [-0.2, 0) is 0 Å². The van der Waals surface area contributed by atoms with Crippen molar-refractivity contribution in [1.29, 1.82) is 0 Å². The highest BCUT2D eigenvalue weighted by Crippen LogP contribution is 2.25. The summed E-state index contributed by atoms with van der Waals surface area (Å²) < 4.78 is 13.6. The number of aliphatic hydroxyl groups is 1. The fraction of sp³-hybridized carbons (Fsp3) is 0.200. The molecule has 0 amide bonds. The number of halogens is 2. The third-order valence-corrected chi connectivity index (χ3v) is 2.26. The molecule has 0 aliphatic carbocycles. The van der Waals surface area contributed by atoms with E-state index < -0.39 is 11.9 Å². The summed E-state index contributed by atoms with van der Waals surface area (Å²) in [6.07, 6.45) is 4.20. The molecule has 1 aromatic carbocycles. The van der Waals surface area contributed by atoms with E-state index in [9.17, 15) is 9.50 Å². The van der Waals surface area contributed by atoms with Gasteiger partial charge in [-0.3, -0.25) is 0 Å². The Balaban J connectivity index is 3.02. The van der Waals surface area contributed by atoms with E-state index in [2.05, 4.69) is 21.9 Å². The summed E-state index contributed by atoms with van der Waals surface area (Å²) in [7, 11) is 0. The lowest BCUT2D eigenvalue weighted by atomic mass is 10.1. The zero-order valence-corrected chi connectivity index (χ0v) is 8.38. The number of hydrogen-bond acceptors (Lipinski definition) is 1. The molecule has 13 heavy (non-hydrogen) atoms. The molecule has 1 atom stereocenters. The monoisotopic (exact) mass is 242 g/mol. The smallest absolute Gasteiger partial charge is 0.143 e. The van der Waals surface area contributed by atoms with Crippen LogP contribution in [0.1, 0.15) is 18.1 Å². The summed E-state index contributed by atoms with van der Waals surface area (Å²) in [5.41, 5.74) is 0.229. The Labute approximate surface area is 84.7 Å². The van der Waals surface area contributed by atoms with Crippen LogP contribution in [0.4, 0.5) is 4.39 Å². The van der Waals surface area contributed by atoms with Gasteiger partial charge in [-0.15, -0.1) is 12.3 Å². The first-order chi connectivity index (χ1) is 6.16. The van der Waals surface area contributed by atoms with Gasteiger partial charge < -0.3 is 5.11 Å². The lowest BCUT2D eigenvalue weighted by molar-refractivity contribution is 0.179. The van der Waals surface area contributed by atoms with E-state index in [1.165, 1.54) is 6.07 Å². The highest BCUT2D eigenvalue weighted by atomic mass is 79.9. The molecular formula is C10H8BrFO. The minimum atomic E-state index is -0.928. The predicted molar refractivity (Wildman–Crippen MR) is 52.5 cm³/mol. The molecule has 1 unspecified atom stereocenters. The maximum absolute atomic E-state index is 13.3. The van der Waals surface area contributed by atoms with E-state index in [1.54, 1.807) is 12.1 Å². The van der Waals surface area contributed by atoms with Crippen molar-refractivity contribution in [1.82, 2.24) is 0 Å². The molecule has 1 N–H and O–H groups in total. The second-order valence-corrected chi connectivity index (χ2v) is 3.42. The summed E-state index contributed by atoms with van der Waals surface area (Å²) in [5, 5.41) is 9.42. The van der Waals surface area contributed by atoms with E-state index in [1.807, 2.05) is 0 Å². The van der Waals surface area contributed by atoms with Crippen LogP contribution in [0.25, 0.3) is 0 Å². The number of hydrogen-bond donors (Lipinski definition) is 1. The van der Waals surface area contributed by atoms with E-state index in [-0.39, 0.29) is 12.0 Å². The Bertz CT molecular complexity index is 343. The maximum Gasteiger partial charge on any atom is 0.143 e. The molecule has 68 valence electrons. The van der Waals surface area contributed by atoms with Gasteiger partial charge in [0.15, 0.2) is 0 Å². The molecule has 1 aromatic rings. The molecule has 0 radical (unpaired) electrons. The van der Waals surface area contributed by atoms with Gasteiger partial charge in [0.1, 0.15) is 5.82 Å². The molecule has 0 fully saturated rings. The Morgan fingerprint density at radius 3 is 2.92 bits per heavy atom. The van der Waals surface area contributed by atoms with Gasteiger partial charge in [0, 0.05) is 12.0 Å². The van der Waals surface area contributed by atoms with Crippen LogP contribution in [0, 0.1) is 18.2 Å². The van der Waals surface area contributed by atoms with Crippen LogP contribution in [-0.4, -0.2) is 5.11 Å². The number of aliphatic hydroxyl groups excluding tert-OH is 1. The lowest BCUT2D eigenvalue weighted by Gasteiger charge is -2.09. The van der Waals surface area contributed by atoms with E-state index in [0.29, 0.717) is 4.47 Å². The van der Waals surface area contributed by atoms with Gasteiger partial charge in [0.25, 0.3) is 0 Å². The molecule has 1 rings (SSSR count). The van der Waals surface area contributed by atoms with Gasteiger partial charge in [-0.25, -0.2) is 4.39 Å². The first-order valence-corrected chi connectivity index (χ1v) is 4.51. The fourth-order valence-corrected chi connectivity index (χ4v) is 1.38. The molecule has 0 aromatic heterocycles. The number of benzene rings is 1. The van der Waals surface area contributed by atoms with Crippen molar-refractivity contribution in [2.24, 2.45) is 0 Å². The molecule has 0 spiro atoms. The average molecular weight is 243 g/mol. The molecule has 0 saturated heterocycles. The third-order valence-electron chi connectivity index (χ3n) is 1.65. The third kappa shape index (κ3) is 2.30. The quantitative estimate of drug-likeness (QED) is 0.791. The van der Waals surface area contributed by atoms with Crippen molar-refractivity contribution in [3.8, 4) is 12.3 Å². The Kier molecular flexibility index (Phi) is 3.47. The predicted octanol–water partition coefficient (Wildman–Crippen LogP) is 2.64. The summed E-state index contributed by atoms with van der Waals surface area (Å²) >= 11 is 3.03. The lowest BCUT2D eigenvalue weighted by Crippen LogP contribution is -1.99. The minimum absolute atomic E-state index is 0.118. The molecule has 3 heteroatoms. The minimum Gasteiger partial charge on any atom is -0.387 e. The van der Waals surface area contributed by atoms with Crippen molar-refractivity contribution in [3.63, 3.8) is 0 Å². The van der Waals surface area contributed by atoms with Gasteiger partial charge in [-0.05, 0) is 22.0 Å². The van der Waals surface area contributed by atoms with Crippen LogP contribution < -0.4 is 0 Å². The Hall–Kier alpha value is -0.850. The van der Waals surface area contributed by atoms with Gasteiger partial charge in [0.2, 0.25) is 0 Å². The highest BCUT2D eigenvalue weighted by Gasteiger charge is 2.13. The molecule has 0 heterocycles. The van der Waals surface area contributed by atoms with Crippen molar-refractivity contribution < 1.29 is 9.50 Å². The first kappa shape index (κ1) is 10.2. The second kappa shape index (κ2) is 4.40. The number of rotatable bonds is 2. The summed E-state index contributed by atoms with van der Waals surface area (Å²) in [5.74, 6) is 1.83. The number of terminal acetylenes is 1. The first-order valence-electron chi connectivity index (χ1n) is 3.72. The standard InChI is InChI=1S/C10H8BrFO/c1-2-4-9(13)7-5-3-6-8(11)10(7)12/h1,3,5-6,9,13H,4H2. The molecular weight excluding hydrogens is 235 g/mol. The SMILES string of the molecule is C#CCC(O)c1cccc(Br)c1F. The molecule has 0 aliphatic heterocycles. The topological polar surface area (TPSA) is 20.2 Å². The summed E-state index contributed by atoms with van der Waals surface area (Å²) in [6.45, 7) is 0. The van der Waals surface area contributed by atoms with Crippen LogP contribution in [0.2, 0.25) is 0 Å². The summed E-state index contributed by atoms with van der Waals surface area (Å²) in [4.78, 5) is 0. The van der Waals surface area contributed by atoms with Crippen molar-refractivity contribution in [2.45, 2.75) is 12.5 Å². The second-order valence-electron chi connectivity index (χ2n) is 2.57. The molecule has 0 saturated carbocycles. The molecule has 0 aliphatic rings. The molecule has 1 nitrogen and oxygen atoms in total. The van der Waals surface area contributed by atoms with Gasteiger partial charge in [0.05, 0.1) is 10.6 Å². The van der Waals surface area contributed by atoms with Gasteiger partial charge in [-0.1, -0.05) is 12.1 Å². The van der Waals surface area contributed by atoms with E-state index in [0.717, 1.165) is 0 Å². The van der Waals surface area contributed by atoms with E-state index >= 15 is 0 Å². The maximum atomic E-state index is 13.3. The van der Waals surface area contributed by atoms with Crippen molar-refractivity contribution in [2.75, 3.05) is 0 Å². The van der Waals surface area contributed by atoms with Gasteiger partial charge >= 0.3 is 0 Å². The normalized spacial score (nSPS) is 12.2. The van der Waals surface area contributed by atoms with Crippen LogP contribution in [0.3, 0.4) is 0 Å². The fourth-order valence-electron chi connectivity index (χ4n) is 0.999. The zero-order valence-electron chi connectivity index (χ0n) is 6.80. The van der Waals surface area contributed by atoms with Crippen LogP contribution in [0.5, 0.6) is 0 Å². The Morgan fingerprint density at radius 1 is 1.62 bits per heavy atom. The largest absolute Gasteiger partial charge is 0.387 e. The van der Waals surface area contributed by atoms with Crippen molar-refractivity contribution in [3.05, 3.63) is 34.1 Å².